The number of amides is 1. The van der Waals surface area contributed by atoms with Gasteiger partial charge in [-0.3, -0.25) is 4.79 Å². The molecule has 4 heterocycles. The van der Waals surface area contributed by atoms with E-state index in [2.05, 4.69) is 26.2 Å². The average molecular weight is 327 g/mol. The molecule has 2 aromatic heterocycles. The van der Waals surface area contributed by atoms with Crippen molar-refractivity contribution in [2.45, 2.75) is 25.8 Å². The van der Waals surface area contributed by atoms with Crippen LogP contribution < -0.4 is 4.90 Å². The number of aromatic nitrogens is 1. The Hall–Kier alpha value is -1.88. The van der Waals surface area contributed by atoms with Gasteiger partial charge >= 0.3 is 0 Å². The minimum Gasteiger partial charge on any atom is -0.356 e. The number of thiophene rings is 1. The van der Waals surface area contributed by atoms with Crippen molar-refractivity contribution in [3.63, 3.8) is 0 Å². The maximum Gasteiger partial charge on any atom is 0.227 e. The molecule has 0 aliphatic carbocycles. The average Bonchev–Trinajstić information content (AvgIpc) is 3.09. The van der Waals surface area contributed by atoms with E-state index in [1.165, 1.54) is 10.4 Å². The van der Waals surface area contributed by atoms with Crippen molar-refractivity contribution in [1.29, 1.82) is 0 Å². The number of nitrogens with zero attached hydrogens (tertiary/aromatic N) is 3. The molecule has 1 fully saturated rings. The van der Waals surface area contributed by atoms with Gasteiger partial charge in [-0.15, -0.1) is 11.3 Å². The lowest BCUT2D eigenvalue weighted by Gasteiger charge is -2.36. The fourth-order valence-corrected chi connectivity index (χ4v) is 4.51. The Bertz CT molecular complexity index is 685. The summed E-state index contributed by atoms with van der Waals surface area (Å²) in [6, 6.07) is 8.14. The fourth-order valence-electron chi connectivity index (χ4n) is 3.62. The Kier molecular flexibility index (Phi) is 4.04. The van der Waals surface area contributed by atoms with Gasteiger partial charge in [-0.2, -0.15) is 0 Å². The number of carbonyl (C=O) groups is 1. The molecule has 0 saturated carbocycles. The third-order valence-corrected chi connectivity index (χ3v) is 5.89. The molecule has 2 aromatic rings. The highest BCUT2D eigenvalue weighted by atomic mass is 32.1. The quantitative estimate of drug-likeness (QED) is 0.851. The summed E-state index contributed by atoms with van der Waals surface area (Å²) >= 11 is 1.82. The van der Waals surface area contributed by atoms with Gasteiger partial charge in [-0.1, -0.05) is 6.07 Å². The summed E-state index contributed by atoms with van der Waals surface area (Å²) in [5, 5.41) is 2.14. The molecule has 0 spiro atoms. The predicted octanol–water partition coefficient (Wildman–Crippen LogP) is 2.94. The summed E-state index contributed by atoms with van der Waals surface area (Å²) in [4.78, 5) is 23.1. The molecular formula is C18H21N3OS. The number of hydrogen-bond acceptors (Lipinski definition) is 4. The maximum atomic E-state index is 12.9. The van der Waals surface area contributed by atoms with Crippen LogP contribution in [0.5, 0.6) is 0 Å². The van der Waals surface area contributed by atoms with Crippen molar-refractivity contribution in [1.82, 2.24) is 9.88 Å². The molecule has 5 heteroatoms. The minimum atomic E-state index is 0.103. The molecule has 0 radical (unpaired) electrons. The van der Waals surface area contributed by atoms with Gasteiger partial charge in [0.05, 0.1) is 5.92 Å². The first-order valence-electron chi connectivity index (χ1n) is 8.31. The van der Waals surface area contributed by atoms with Crippen molar-refractivity contribution < 1.29 is 4.79 Å². The molecule has 2 aliphatic heterocycles. The first kappa shape index (κ1) is 14.7. The zero-order chi connectivity index (χ0) is 15.6. The molecule has 0 unspecified atom stereocenters. The van der Waals surface area contributed by atoms with Crippen molar-refractivity contribution in [2.24, 2.45) is 5.92 Å². The zero-order valence-electron chi connectivity index (χ0n) is 13.1. The molecule has 120 valence electrons. The lowest BCUT2D eigenvalue weighted by atomic mass is 9.95. The van der Waals surface area contributed by atoms with E-state index in [1.54, 1.807) is 0 Å². The Balaban J connectivity index is 1.44. The summed E-state index contributed by atoms with van der Waals surface area (Å²) in [6.45, 7) is 3.45. The molecule has 2 aliphatic rings. The summed E-state index contributed by atoms with van der Waals surface area (Å²) < 4.78 is 0. The van der Waals surface area contributed by atoms with Crippen molar-refractivity contribution in [3.05, 3.63) is 46.3 Å². The third kappa shape index (κ3) is 2.98. The van der Waals surface area contributed by atoms with Crippen molar-refractivity contribution in [2.75, 3.05) is 24.5 Å². The van der Waals surface area contributed by atoms with Gasteiger partial charge in [-0.25, -0.2) is 4.98 Å². The number of anilines is 1. The first-order chi connectivity index (χ1) is 11.3. The molecule has 4 rings (SSSR count). The summed E-state index contributed by atoms with van der Waals surface area (Å²) in [5.74, 6) is 1.41. The van der Waals surface area contributed by atoms with E-state index in [-0.39, 0.29) is 5.92 Å². The normalized spacial score (nSPS) is 21.1. The Labute approximate surface area is 140 Å². The number of carbonyl (C=O) groups excluding carboxylic acids is 1. The molecule has 1 amide bonds. The number of fused-ring (bicyclic) bond motifs is 1. The molecule has 4 nitrogen and oxygen atoms in total. The second-order valence-corrected chi connectivity index (χ2v) is 7.35. The van der Waals surface area contributed by atoms with Crippen LogP contribution in [0.15, 0.2) is 35.8 Å². The van der Waals surface area contributed by atoms with Gasteiger partial charge in [0, 0.05) is 37.3 Å². The molecule has 0 N–H and O–H groups in total. The second-order valence-electron chi connectivity index (χ2n) is 6.35. The van der Waals surface area contributed by atoms with Crippen LogP contribution in [-0.2, 0) is 17.8 Å². The van der Waals surface area contributed by atoms with Crippen LogP contribution in [0.1, 0.15) is 23.3 Å². The molecule has 1 saturated heterocycles. The van der Waals surface area contributed by atoms with Gasteiger partial charge in [0.1, 0.15) is 5.82 Å². The van der Waals surface area contributed by atoms with E-state index in [9.17, 15) is 4.79 Å². The lowest BCUT2D eigenvalue weighted by Crippen LogP contribution is -2.46. The number of hydrogen-bond donors (Lipinski definition) is 0. The van der Waals surface area contributed by atoms with Crippen LogP contribution in [-0.4, -0.2) is 35.4 Å². The van der Waals surface area contributed by atoms with Gasteiger partial charge < -0.3 is 9.80 Å². The van der Waals surface area contributed by atoms with Gasteiger partial charge in [0.25, 0.3) is 0 Å². The molecular weight excluding hydrogens is 306 g/mol. The van der Waals surface area contributed by atoms with Crippen LogP contribution in [0, 0.1) is 5.92 Å². The lowest BCUT2D eigenvalue weighted by molar-refractivity contribution is -0.136. The van der Waals surface area contributed by atoms with E-state index in [0.717, 1.165) is 51.3 Å². The number of pyridine rings is 1. The summed E-state index contributed by atoms with van der Waals surface area (Å²) in [7, 11) is 0. The number of rotatable bonds is 2. The smallest absolute Gasteiger partial charge is 0.227 e. The van der Waals surface area contributed by atoms with E-state index in [1.807, 2.05) is 35.7 Å². The monoisotopic (exact) mass is 327 g/mol. The molecule has 0 aromatic carbocycles. The van der Waals surface area contributed by atoms with E-state index < -0.39 is 0 Å². The van der Waals surface area contributed by atoms with Crippen LogP contribution in [0.25, 0.3) is 0 Å². The topological polar surface area (TPSA) is 36.4 Å². The zero-order valence-corrected chi connectivity index (χ0v) is 14.0. The fraction of sp³-hybridized carbons (Fsp3) is 0.444. The Morgan fingerprint density at radius 3 is 3.09 bits per heavy atom. The highest BCUT2D eigenvalue weighted by Crippen LogP contribution is 2.28. The van der Waals surface area contributed by atoms with Crippen molar-refractivity contribution in [3.8, 4) is 0 Å². The first-order valence-corrected chi connectivity index (χ1v) is 9.19. The third-order valence-electron chi connectivity index (χ3n) is 4.86. The second kappa shape index (κ2) is 6.32. The largest absolute Gasteiger partial charge is 0.356 e. The molecule has 0 bridgehead atoms. The SMILES string of the molecule is O=C([C@@H]1CCCN(c2ccccn2)C1)N1CCc2sccc2C1. The Morgan fingerprint density at radius 2 is 2.22 bits per heavy atom. The summed E-state index contributed by atoms with van der Waals surface area (Å²) in [6.07, 6.45) is 4.89. The van der Waals surface area contributed by atoms with Gasteiger partial charge in [-0.05, 0) is 48.4 Å². The van der Waals surface area contributed by atoms with E-state index >= 15 is 0 Å². The van der Waals surface area contributed by atoms with Gasteiger partial charge in [0.2, 0.25) is 5.91 Å². The predicted molar refractivity (Wildman–Crippen MR) is 92.6 cm³/mol. The van der Waals surface area contributed by atoms with Crippen LogP contribution in [0.2, 0.25) is 0 Å². The van der Waals surface area contributed by atoms with E-state index in [4.69, 9.17) is 0 Å². The van der Waals surface area contributed by atoms with Gasteiger partial charge in [0.15, 0.2) is 0 Å². The van der Waals surface area contributed by atoms with Crippen LogP contribution in [0.4, 0.5) is 5.82 Å². The van der Waals surface area contributed by atoms with Crippen LogP contribution >= 0.6 is 11.3 Å². The highest BCUT2D eigenvalue weighted by Gasteiger charge is 2.31. The summed E-state index contributed by atoms with van der Waals surface area (Å²) in [5.41, 5.74) is 1.34. The van der Waals surface area contributed by atoms with E-state index in [0.29, 0.717) is 5.91 Å². The standard InChI is InChI=1S/C18H21N3OS/c22-18(21-10-6-16-14(12-21)7-11-23-16)15-4-3-9-20(13-15)17-5-1-2-8-19-17/h1-2,5,7-8,11,15H,3-4,6,9-10,12-13H2/t15-/m1/s1. The minimum absolute atomic E-state index is 0.103. The molecule has 23 heavy (non-hydrogen) atoms. The molecule has 1 atom stereocenters. The highest BCUT2D eigenvalue weighted by molar-refractivity contribution is 7.10. The van der Waals surface area contributed by atoms with Crippen molar-refractivity contribution >= 4 is 23.1 Å². The van der Waals surface area contributed by atoms with Crippen LogP contribution in [0.3, 0.4) is 0 Å². The Morgan fingerprint density at radius 1 is 1.26 bits per heavy atom. The number of piperidine rings is 1. The maximum absolute atomic E-state index is 12.9.